The van der Waals surface area contributed by atoms with Crippen LogP contribution in [-0.2, 0) is 11.3 Å². The fourth-order valence-electron chi connectivity index (χ4n) is 2.58. The third kappa shape index (κ3) is 2.33. The van der Waals surface area contributed by atoms with E-state index in [1.54, 1.807) is 10.5 Å². The van der Waals surface area contributed by atoms with Gasteiger partial charge in [0.2, 0.25) is 0 Å². The van der Waals surface area contributed by atoms with Gasteiger partial charge >= 0.3 is 5.97 Å². The maximum absolute atomic E-state index is 11.7. The van der Waals surface area contributed by atoms with E-state index < -0.39 is 0 Å². The minimum absolute atomic E-state index is 0.337. The quantitative estimate of drug-likeness (QED) is 0.787. The Bertz CT molecular complexity index is 600. The first-order valence-electron chi connectivity index (χ1n) is 6.55. The van der Waals surface area contributed by atoms with Crippen molar-refractivity contribution < 1.29 is 9.53 Å². The van der Waals surface area contributed by atoms with Crippen LogP contribution in [0, 0.1) is 0 Å². The van der Waals surface area contributed by atoms with Gasteiger partial charge in [-0.05, 0) is 38.1 Å². The molecule has 5 nitrogen and oxygen atoms in total. The molecule has 0 spiro atoms. The van der Waals surface area contributed by atoms with Gasteiger partial charge in [-0.3, -0.25) is 9.30 Å². The third-order valence-electron chi connectivity index (χ3n) is 3.52. The van der Waals surface area contributed by atoms with Gasteiger partial charge in [-0.25, -0.2) is 9.78 Å². The number of likely N-dealkylation sites (tertiary alicyclic amines) is 1. The highest BCUT2D eigenvalue weighted by atomic mass is 16.5. The molecule has 19 heavy (non-hydrogen) atoms. The number of carbonyl (C=O) groups is 1. The number of esters is 1. The van der Waals surface area contributed by atoms with Gasteiger partial charge in [0.05, 0.1) is 12.8 Å². The predicted molar refractivity (Wildman–Crippen MR) is 71.0 cm³/mol. The van der Waals surface area contributed by atoms with Crippen LogP contribution in [0.25, 0.3) is 5.65 Å². The molecule has 2 aromatic heterocycles. The Kier molecular flexibility index (Phi) is 3.21. The molecule has 1 saturated heterocycles. The van der Waals surface area contributed by atoms with Gasteiger partial charge in [0.25, 0.3) is 0 Å². The molecule has 0 radical (unpaired) electrons. The largest absolute Gasteiger partial charge is 0.464 e. The first-order valence-corrected chi connectivity index (χ1v) is 6.55. The van der Waals surface area contributed by atoms with Gasteiger partial charge < -0.3 is 4.74 Å². The minimum Gasteiger partial charge on any atom is -0.464 e. The highest BCUT2D eigenvalue weighted by Crippen LogP contribution is 2.15. The summed E-state index contributed by atoms with van der Waals surface area (Å²) in [5.41, 5.74) is 2.30. The second kappa shape index (κ2) is 5.01. The SMILES string of the molecule is COC(=O)c1cccc2nc(CN3CCCC3)cn12. The molecular formula is C14H17N3O2. The van der Waals surface area contributed by atoms with E-state index in [4.69, 9.17) is 4.74 Å². The Morgan fingerprint density at radius 3 is 2.89 bits per heavy atom. The van der Waals surface area contributed by atoms with Crippen LogP contribution < -0.4 is 0 Å². The van der Waals surface area contributed by atoms with Crippen LogP contribution >= 0.6 is 0 Å². The molecule has 1 aliphatic heterocycles. The molecule has 1 fully saturated rings. The van der Waals surface area contributed by atoms with Crippen LogP contribution in [0.1, 0.15) is 29.0 Å². The maximum atomic E-state index is 11.7. The Balaban J connectivity index is 1.93. The predicted octanol–water partition coefficient (Wildman–Crippen LogP) is 1.72. The van der Waals surface area contributed by atoms with Crippen molar-refractivity contribution >= 4 is 11.6 Å². The van der Waals surface area contributed by atoms with Crippen LogP contribution in [0.3, 0.4) is 0 Å². The average molecular weight is 259 g/mol. The van der Waals surface area contributed by atoms with E-state index >= 15 is 0 Å². The molecule has 0 aliphatic carbocycles. The van der Waals surface area contributed by atoms with Crippen molar-refractivity contribution in [1.29, 1.82) is 0 Å². The van der Waals surface area contributed by atoms with Crippen molar-refractivity contribution in [3.63, 3.8) is 0 Å². The molecule has 0 saturated carbocycles. The van der Waals surface area contributed by atoms with Gasteiger partial charge in [-0.2, -0.15) is 0 Å². The van der Waals surface area contributed by atoms with Crippen LogP contribution in [0.5, 0.6) is 0 Å². The van der Waals surface area contributed by atoms with Crippen molar-refractivity contribution in [3.8, 4) is 0 Å². The van der Waals surface area contributed by atoms with Crippen LogP contribution in [0.2, 0.25) is 0 Å². The fourth-order valence-corrected chi connectivity index (χ4v) is 2.58. The summed E-state index contributed by atoms with van der Waals surface area (Å²) in [7, 11) is 1.39. The molecule has 0 bridgehead atoms. The van der Waals surface area contributed by atoms with Gasteiger partial charge in [-0.1, -0.05) is 6.07 Å². The Morgan fingerprint density at radius 2 is 2.16 bits per heavy atom. The van der Waals surface area contributed by atoms with E-state index in [9.17, 15) is 4.79 Å². The van der Waals surface area contributed by atoms with Crippen molar-refractivity contribution in [2.45, 2.75) is 19.4 Å². The Morgan fingerprint density at radius 1 is 1.37 bits per heavy atom. The summed E-state index contributed by atoms with van der Waals surface area (Å²) in [6.07, 6.45) is 4.46. The van der Waals surface area contributed by atoms with Crippen LogP contribution in [-0.4, -0.2) is 40.5 Å². The number of nitrogens with zero attached hydrogens (tertiary/aromatic N) is 3. The molecule has 3 rings (SSSR count). The molecule has 0 aromatic carbocycles. The zero-order chi connectivity index (χ0) is 13.2. The van der Waals surface area contributed by atoms with E-state index in [1.807, 2.05) is 18.3 Å². The molecule has 100 valence electrons. The third-order valence-corrected chi connectivity index (χ3v) is 3.52. The Labute approximate surface area is 111 Å². The van der Waals surface area contributed by atoms with E-state index in [0.29, 0.717) is 5.69 Å². The monoisotopic (exact) mass is 259 g/mol. The molecule has 0 unspecified atom stereocenters. The summed E-state index contributed by atoms with van der Waals surface area (Å²) in [6, 6.07) is 5.48. The molecule has 0 amide bonds. The van der Waals surface area contributed by atoms with Crippen LogP contribution in [0.15, 0.2) is 24.4 Å². The van der Waals surface area contributed by atoms with Crippen molar-refractivity contribution in [1.82, 2.24) is 14.3 Å². The minimum atomic E-state index is -0.337. The maximum Gasteiger partial charge on any atom is 0.355 e. The van der Waals surface area contributed by atoms with E-state index in [0.717, 1.165) is 31.0 Å². The number of methoxy groups -OCH3 is 1. The van der Waals surface area contributed by atoms with Gasteiger partial charge in [-0.15, -0.1) is 0 Å². The number of carbonyl (C=O) groups excluding carboxylic acids is 1. The van der Waals surface area contributed by atoms with Crippen molar-refractivity contribution in [3.05, 3.63) is 35.8 Å². The van der Waals surface area contributed by atoms with Gasteiger partial charge in [0.15, 0.2) is 0 Å². The number of imidazole rings is 1. The lowest BCUT2D eigenvalue weighted by Gasteiger charge is -2.11. The zero-order valence-corrected chi connectivity index (χ0v) is 11.0. The number of hydrogen-bond acceptors (Lipinski definition) is 4. The summed E-state index contributed by atoms with van der Waals surface area (Å²) < 4.78 is 6.59. The standard InChI is InChI=1S/C14H17N3O2/c1-19-14(18)12-5-4-6-13-15-11(10-17(12)13)9-16-7-2-3-8-16/h4-6,10H,2-3,7-9H2,1H3. The number of pyridine rings is 1. The number of rotatable bonds is 3. The van der Waals surface area contributed by atoms with E-state index in [1.165, 1.54) is 20.0 Å². The summed E-state index contributed by atoms with van der Waals surface area (Å²) in [5.74, 6) is -0.337. The van der Waals surface area contributed by atoms with E-state index in [2.05, 4.69) is 9.88 Å². The Hall–Kier alpha value is -1.88. The topological polar surface area (TPSA) is 46.8 Å². The second-order valence-corrected chi connectivity index (χ2v) is 4.85. The van der Waals surface area contributed by atoms with Crippen LogP contribution in [0.4, 0.5) is 0 Å². The molecule has 5 heteroatoms. The van der Waals surface area contributed by atoms with Gasteiger partial charge in [0.1, 0.15) is 11.3 Å². The van der Waals surface area contributed by atoms with Crippen molar-refractivity contribution in [2.75, 3.05) is 20.2 Å². The smallest absolute Gasteiger partial charge is 0.355 e. The lowest BCUT2D eigenvalue weighted by molar-refractivity contribution is 0.0592. The molecule has 0 N–H and O–H groups in total. The number of ether oxygens (including phenoxy) is 1. The lowest BCUT2D eigenvalue weighted by Crippen LogP contribution is -2.18. The normalized spacial score (nSPS) is 16.1. The van der Waals surface area contributed by atoms with E-state index in [-0.39, 0.29) is 5.97 Å². The first kappa shape index (κ1) is 12.2. The molecule has 0 atom stereocenters. The van der Waals surface area contributed by atoms with Crippen molar-refractivity contribution in [2.24, 2.45) is 0 Å². The summed E-state index contributed by atoms with van der Waals surface area (Å²) in [5, 5.41) is 0. The first-order chi connectivity index (χ1) is 9.28. The highest BCUT2D eigenvalue weighted by molar-refractivity contribution is 5.88. The summed E-state index contributed by atoms with van der Waals surface area (Å²) >= 11 is 0. The molecule has 1 aliphatic rings. The zero-order valence-electron chi connectivity index (χ0n) is 11.0. The number of fused-ring (bicyclic) bond motifs is 1. The van der Waals surface area contributed by atoms with Gasteiger partial charge in [0, 0.05) is 12.7 Å². The number of aromatic nitrogens is 2. The average Bonchev–Trinajstić information content (AvgIpc) is 3.06. The summed E-state index contributed by atoms with van der Waals surface area (Å²) in [4.78, 5) is 18.7. The molecular weight excluding hydrogens is 242 g/mol. The molecule has 2 aromatic rings. The molecule has 3 heterocycles. The fraction of sp³-hybridized carbons (Fsp3) is 0.429. The number of hydrogen-bond donors (Lipinski definition) is 0. The highest BCUT2D eigenvalue weighted by Gasteiger charge is 2.15. The second-order valence-electron chi connectivity index (χ2n) is 4.85. The summed E-state index contributed by atoms with van der Waals surface area (Å²) in [6.45, 7) is 3.12. The lowest BCUT2D eigenvalue weighted by atomic mass is 10.3.